The average Bonchev–Trinajstić information content (AvgIpc) is 3.08. The zero-order valence-corrected chi connectivity index (χ0v) is 8.33. The third kappa shape index (κ3) is 1.57. The second-order valence-corrected chi connectivity index (χ2v) is 4.85. The number of hydrogen-bond donors (Lipinski definition) is 1. The Morgan fingerprint density at radius 3 is 2.93 bits per heavy atom. The van der Waals surface area contributed by atoms with Crippen molar-refractivity contribution >= 4 is 0 Å². The summed E-state index contributed by atoms with van der Waals surface area (Å²) in [4.78, 5) is 0. The number of rotatable bonds is 4. The van der Waals surface area contributed by atoms with Gasteiger partial charge in [0.05, 0.1) is 6.20 Å². The minimum absolute atomic E-state index is 0.151. The van der Waals surface area contributed by atoms with Gasteiger partial charge in [-0.25, -0.2) is 0 Å². The summed E-state index contributed by atoms with van der Waals surface area (Å²) in [5, 5.41) is 3.89. The SMILES string of the molecule is NC1(CCc2cnoc2C2CC2)CC1. The summed E-state index contributed by atoms with van der Waals surface area (Å²) in [7, 11) is 0. The van der Waals surface area contributed by atoms with E-state index in [0.717, 1.165) is 18.6 Å². The van der Waals surface area contributed by atoms with Gasteiger partial charge in [0, 0.05) is 17.0 Å². The number of aromatic nitrogens is 1. The van der Waals surface area contributed by atoms with Gasteiger partial charge < -0.3 is 10.3 Å². The van der Waals surface area contributed by atoms with Crippen molar-refractivity contribution in [3.63, 3.8) is 0 Å². The van der Waals surface area contributed by atoms with Crippen LogP contribution in [0.4, 0.5) is 0 Å². The molecular weight excluding hydrogens is 176 g/mol. The third-order valence-corrected chi connectivity index (χ3v) is 3.41. The van der Waals surface area contributed by atoms with Gasteiger partial charge in [-0.1, -0.05) is 5.16 Å². The summed E-state index contributed by atoms with van der Waals surface area (Å²) in [5.41, 5.74) is 7.50. The van der Waals surface area contributed by atoms with E-state index in [1.54, 1.807) is 0 Å². The Balaban J connectivity index is 1.66. The van der Waals surface area contributed by atoms with Crippen molar-refractivity contribution in [1.82, 2.24) is 5.16 Å². The van der Waals surface area contributed by atoms with Crippen molar-refractivity contribution in [2.45, 2.75) is 50.0 Å². The maximum Gasteiger partial charge on any atom is 0.142 e. The van der Waals surface area contributed by atoms with Gasteiger partial charge in [0.2, 0.25) is 0 Å². The number of hydrogen-bond acceptors (Lipinski definition) is 3. The molecule has 2 N–H and O–H groups in total. The van der Waals surface area contributed by atoms with Crippen LogP contribution in [0.5, 0.6) is 0 Å². The fourth-order valence-corrected chi connectivity index (χ4v) is 1.93. The van der Waals surface area contributed by atoms with E-state index < -0.39 is 0 Å². The van der Waals surface area contributed by atoms with Crippen LogP contribution < -0.4 is 5.73 Å². The monoisotopic (exact) mass is 192 g/mol. The quantitative estimate of drug-likeness (QED) is 0.793. The first-order valence-electron chi connectivity index (χ1n) is 5.49. The Hall–Kier alpha value is -0.830. The molecule has 2 saturated carbocycles. The highest BCUT2D eigenvalue weighted by Gasteiger charge is 2.38. The van der Waals surface area contributed by atoms with E-state index in [1.165, 1.54) is 31.2 Å². The smallest absolute Gasteiger partial charge is 0.142 e. The van der Waals surface area contributed by atoms with Crippen LogP contribution in [0.1, 0.15) is 49.3 Å². The van der Waals surface area contributed by atoms with Crippen LogP contribution in [0, 0.1) is 0 Å². The van der Waals surface area contributed by atoms with Crippen molar-refractivity contribution < 1.29 is 4.52 Å². The summed E-state index contributed by atoms with van der Waals surface area (Å²) < 4.78 is 5.28. The lowest BCUT2D eigenvalue weighted by atomic mass is 10.0. The van der Waals surface area contributed by atoms with Crippen molar-refractivity contribution in [3.05, 3.63) is 17.5 Å². The Bertz CT molecular complexity index is 337. The van der Waals surface area contributed by atoms with Crippen LogP contribution in [0.3, 0.4) is 0 Å². The van der Waals surface area contributed by atoms with E-state index in [1.807, 2.05) is 6.20 Å². The van der Waals surface area contributed by atoms with Crippen molar-refractivity contribution in [2.24, 2.45) is 5.73 Å². The standard InChI is InChI=1S/C11H16N2O/c12-11(5-6-11)4-3-9-7-13-14-10(9)8-1-2-8/h7-8H,1-6,12H2. The highest BCUT2D eigenvalue weighted by Crippen LogP contribution is 2.43. The molecule has 2 fully saturated rings. The van der Waals surface area contributed by atoms with Gasteiger partial charge >= 0.3 is 0 Å². The van der Waals surface area contributed by atoms with Crippen molar-refractivity contribution in [2.75, 3.05) is 0 Å². The van der Waals surface area contributed by atoms with Gasteiger partial charge in [0.1, 0.15) is 5.76 Å². The molecule has 0 aliphatic heterocycles. The molecule has 1 aromatic heterocycles. The highest BCUT2D eigenvalue weighted by molar-refractivity contribution is 5.22. The Kier molecular flexibility index (Phi) is 1.71. The summed E-state index contributed by atoms with van der Waals surface area (Å²) in [6, 6.07) is 0. The molecule has 0 radical (unpaired) electrons. The molecule has 1 aromatic rings. The third-order valence-electron chi connectivity index (χ3n) is 3.41. The largest absolute Gasteiger partial charge is 0.361 e. The molecule has 0 amide bonds. The molecule has 2 aliphatic carbocycles. The first-order chi connectivity index (χ1) is 6.77. The number of nitrogens with zero attached hydrogens (tertiary/aromatic N) is 1. The summed E-state index contributed by atoms with van der Waals surface area (Å²) in [6.07, 6.45) is 8.94. The first kappa shape index (κ1) is 8.48. The minimum Gasteiger partial charge on any atom is -0.361 e. The van der Waals surface area contributed by atoms with Crippen LogP contribution in [0.25, 0.3) is 0 Å². The normalized spacial score (nSPS) is 23.8. The molecule has 3 rings (SSSR count). The molecule has 3 heteroatoms. The van der Waals surface area contributed by atoms with Gasteiger partial charge in [-0.15, -0.1) is 0 Å². The second kappa shape index (κ2) is 2.83. The van der Waals surface area contributed by atoms with Crippen LogP contribution in [0.15, 0.2) is 10.7 Å². The van der Waals surface area contributed by atoms with Gasteiger partial charge in [-0.3, -0.25) is 0 Å². The maximum atomic E-state index is 6.05. The number of nitrogens with two attached hydrogens (primary N) is 1. The molecule has 0 saturated heterocycles. The van der Waals surface area contributed by atoms with E-state index in [4.69, 9.17) is 10.3 Å². The van der Waals surface area contributed by atoms with E-state index in [-0.39, 0.29) is 5.54 Å². The zero-order chi connectivity index (χ0) is 9.60. The van der Waals surface area contributed by atoms with E-state index in [0.29, 0.717) is 5.92 Å². The lowest BCUT2D eigenvalue weighted by molar-refractivity contribution is 0.382. The van der Waals surface area contributed by atoms with Crippen molar-refractivity contribution in [3.8, 4) is 0 Å². The summed E-state index contributed by atoms with van der Waals surface area (Å²) in [5.74, 6) is 1.80. The Morgan fingerprint density at radius 1 is 1.50 bits per heavy atom. The lowest BCUT2D eigenvalue weighted by Crippen LogP contribution is -2.22. The zero-order valence-electron chi connectivity index (χ0n) is 8.33. The maximum absolute atomic E-state index is 6.05. The van der Waals surface area contributed by atoms with Gasteiger partial charge in [-0.2, -0.15) is 0 Å². The lowest BCUT2D eigenvalue weighted by Gasteiger charge is -2.06. The molecule has 14 heavy (non-hydrogen) atoms. The van der Waals surface area contributed by atoms with Crippen LogP contribution in [-0.2, 0) is 6.42 Å². The predicted molar refractivity (Wildman–Crippen MR) is 53.0 cm³/mol. The molecule has 0 spiro atoms. The van der Waals surface area contributed by atoms with Crippen LogP contribution >= 0.6 is 0 Å². The summed E-state index contributed by atoms with van der Waals surface area (Å²) >= 11 is 0. The molecular formula is C11H16N2O. The summed E-state index contributed by atoms with van der Waals surface area (Å²) in [6.45, 7) is 0. The fourth-order valence-electron chi connectivity index (χ4n) is 1.93. The molecule has 2 aliphatic rings. The molecule has 0 atom stereocenters. The molecule has 76 valence electrons. The Labute approximate surface area is 83.6 Å². The molecule has 3 nitrogen and oxygen atoms in total. The topological polar surface area (TPSA) is 52.0 Å². The van der Waals surface area contributed by atoms with Crippen molar-refractivity contribution in [1.29, 1.82) is 0 Å². The fraction of sp³-hybridized carbons (Fsp3) is 0.727. The first-order valence-corrected chi connectivity index (χ1v) is 5.49. The van der Waals surface area contributed by atoms with Gasteiger partial charge in [-0.05, 0) is 38.5 Å². The molecule has 0 unspecified atom stereocenters. The molecule has 1 heterocycles. The van der Waals surface area contributed by atoms with E-state index in [2.05, 4.69) is 5.16 Å². The highest BCUT2D eigenvalue weighted by atomic mass is 16.5. The van der Waals surface area contributed by atoms with E-state index >= 15 is 0 Å². The van der Waals surface area contributed by atoms with Crippen LogP contribution in [0.2, 0.25) is 0 Å². The van der Waals surface area contributed by atoms with E-state index in [9.17, 15) is 0 Å². The molecule has 0 bridgehead atoms. The molecule has 0 aromatic carbocycles. The van der Waals surface area contributed by atoms with Crippen LogP contribution in [-0.4, -0.2) is 10.7 Å². The predicted octanol–water partition coefficient (Wildman–Crippen LogP) is 1.98. The minimum atomic E-state index is 0.151. The average molecular weight is 192 g/mol. The second-order valence-electron chi connectivity index (χ2n) is 4.85. The Morgan fingerprint density at radius 2 is 2.29 bits per heavy atom. The number of aryl methyl sites for hydroxylation is 1. The van der Waals surface area contributed by atoms with Gasteiger partial charge in [0.25, 0.3) is 0 Å². The van der Waals surface area contributed by atoms with Gasteiger partial charge in [0.15, 0.2) is 0 Å².